The molecule has 1 saturated carbocycles. The van der Waals surface area contributed by atoms with E-state index in [9.17, 15) is 14.7 Å². The van der Waals surface area contributed by atoms with Crippen LogP contribution in [0, 0.1) is 0 Å². The predicted molar refractivity (Wildman–Crippen MR) is 113 cm³/mol. The van der Waals surface area contributed by atoms with E-state index in [0.717, 1.165) is 29.7 Å². The lowest BCUT2D eigenvalue weighted by Crippen LogP contribution is -2.46. The van der Waals surface area contributed by atoms with Crippen LogP contribution in [0.3, 0.4) is 0 Å². The monoisotopic (exact) mass is 424 g/mol. The molecule has 8 heteroatoms. The quantitative estimate of drug-likeness (QED) is 0.773. The fourth-order valence-electron chi connectivity index (χ4n) is 4.58. The largest absolute Gasteiger partial charge is 0.506 e. The number of ether oxygens (including phenoxy) is 1. The minimum atomic E-state index is -0.604. The number of hydrogen-bond acceptors (Lipinski definition) is 5. The van der Waals surface area contributed by atoms with Crippen molar-refractivity contribution in [1.82, 2.24) is 20.0 Å². The van der Waals surface area contributed by atoms with Crippen molar-refractivity contribution in [2.45, 2.75) is 64.0 Å². The van der Waals surface area contributed by atoms with E-state index in [2.05, 4.69) is 5.32 Å². The van der Waals surface area contributed by atoms with Gasteiger partial charge in [-0.3, -0.25) is 9.69 Å². The van der Waals surface area contributed by atoms with Crippen LogP contribution in [-0.2, 0) is 22.4 Å². The van der Waals surface area contributed by atoms with Crippen molar-refractivity contribution >= 4 is 12.0 Å². The third kappa shape index (κ3) is 3.64. The summed E-state index contributed by atoms with van der Waals surface area (Å²) in [6.45, 7) is 6.29. The first-order chi connectivity index (χ1) is 14.7. The van der Waals surface area contributed by atoms with Crippen LogP contribution < -0.4 is 5.32 Å². The molecule has 1 fully saturated rings. The Bertz CT molecular complexity index is 1060. The molecule has 0 unspecified atom stereocenters. The maximum Gasteiger partial charge on any atom is 0.410 e. The van der Waals surface area contributed by atoms with Crippen LogP contribution in [0.4, 0.5) is 4.79 Å². The highest BCUT2D eigenvalue weighted by atomic mass is 16.6. The second-order valence-corrected chi connectivity index (χ2v) is 9.66. The molecule has 1 aliphatic carbocycles. The molecule has 1 aromatic carbocycles. The average Bonchev–Trinajstić information content (AvgIpc) is 3.49. The molecule has 0 radical (unpaired) electrons. The molecule has 1 atom stereocenters. The maximum atomic E-state index is 12.9. The van der Waals surface area contributed by atoms with Gasteiger partial charge in [-0.25, -0.2) is 9.48 Å². The van der Waals surface area contributed by atoms with E-state index in [-0.39, 0.29) is 24.1 Å². The van der Waals surface area contributed by atoms with Crippen LogP contribution in [-0.4, -0.2) is 50.5 Å². The van der Waals surface area contributed by atoms with Crippen LogP contribution in [0.25, 0.3) is 5.69 Å². The molecule has 1 aromatic heterocycles. The van der Waals surface area contributed by atoms with Crippen molar-refractivity contribution < 1.29 is 19.4 Å². The summed E-state index contributed by atoms with van der Waals surface area (Å²) in [5.41, 5.74) is 3.63. The Morgan fingerprint density at radius 2 is 2.06 bits per heavy atom. The summed E-state index contributed by atoms with van der Waals surface area (Å²) in [6, 6.07) is 5.43. The lowest BCUT2D eigenvalue weighted by Gasteiger charge is -2.36. The molecule has 31 heavy (non-hydrogen) atoms. The Balaban J connectivity index is 1.55. The number of carbonyl (C=O) groups is 2. The molecule has 0 spiro atoms. The number of benzene rings is 1. The number of rotatable bonds is 2. The molecule has 0 saturated heterocycles. The Labute approximate surface area is 181 Å². The Hall–Kier alpha value is -3.03. The van der Waals surface area contributed by atoms with Gasteiger partial charge in [0.15, 0.2) is 0 Å². The average molecular weight is 425 g/mol. The maximum absolute atomic E-state index is 12.9. The molecular formula is C23H28N4O4. The Morgan fingerprint density at radius 1 is 1.29 bits per heavy atom. The normalized spacial score (nSPS) is 20.7. The molecule has 3 aliphatic rings. The van der Waals surface area contributed by atoms with Crippen LogP contribution in [0.1, 0.15) is 68.1 Å². The zero-order chi connectivity index (χ0) is 21.9. The van der Waals surface area contributed by atoms with E-state index in [4.69, 9.17) is 9.84 Å². The van der Waals surface area contributed by atoms with Crippen molar-refractivity contribution in [2.75, 3.05) is 13.1 Å². The summed E-state index contributed by atoms with van der Waals surface area (Å²) in [7, 11) is 0. The molecule has 164 valence electrons. The minimum absolute atomic E-state index is 0.126. The fourth-order valence-corrected chi connectivity index (χ4v) is 4.58. The summed E-state index contributed by atoms with van der Waals surface area (Å²) >= 11 is 0. The number of nitrogens with one attached hydrogen (secondary N) is 1. The molecule has 5 rings (SSSR count). The second-order valence-electron chi connectivity index (χ2n) is 9.66. The van der Waals surface area contributed by atoms with Gasteiger partial charge in [0.1, 0.15) is 17.0 Å². The van der Waals surface area contributed by atoms with Gasteiger partial charge in [-0.15, -0.1) is 0 Å². The van der Waals surface area contributed by atoms with E-state index >= 15 is 0 Å². The van der Waals surface area contributed by atoms with Crippen molar-refractivity contribution in [3.05, 3.63) is 40.7 Å². The summed E-state index contributed by atoms with van der Waals surface area (Å²) in [5, 5.41) is 18.4. The molecule has 0 bridgehead atoms. The van der Waals surface area contributed by atoms with Crippen molar-refractivity contribution in [3.63, 3.8) is 0 Å². The van der Waals surface area contributed by atoms with Crippen molar-refractivity contribution in [2.24, 2.45) is 0 Å². The summed E-state index contributed by atoms with van der Waals surface area (Å²) in [4.78, 5) is 26.9. The number of amides is 2. The van der Waals surface area contributed by atoms with E-state index in [1.165, 1.54) is 0 Å². The van der Waals surface area contributed by atoms with Crippen LogP contribution in [0.5, 0.6) is 5.75 Å². The van der Waals surface area contributed by atoms with Crippen LogP contribution in [0.15, 0.2) is 18.2 Å². The Kier molecular flexibility index (Phi) is 4.50. The molecule has 2 aliphatic heterocycles. The van der Waals surface area contributed by atoms with Crippen molar-refractivity contribution in [1.29, 1.82) is 0 Å². The number of aromatic hydroxyl groups is 1. The number of phenols is 1. The molecular weight excluding hydrogens is 396 g/mol. The van der Waals surface area contributed by atoms with Crippen LogP contribution in [0.2, 0.25) is 0 Å². The van der Waals surface area contributed by atoms with Gasteiger partial charge in [-0.1, -0.05) is 6.07 Å². The van der Waals surface area contributed by atoms with E-state index in [1.54, 1.807) is 9.58 Å². The first kappa shape index (κ1) is 19.9. The van der Waals surface area contributed by atoms with E-state index < -0.39 is 11.7 Å². The van der Waals surface area contributed by atoms with E-state index in [1.807, 2.05) is 39.0 Å². The van der Waals surface area contributed by atoms with Gasteiger partial charge in [0.2, 0.25) is 5.91 Å². The molecule has 2 amide bonds. The highest BCUT2D eigenvalue weighted by Gasteiger charge is 2.40. The number of nitrogens with zero attached hydrogens (tertiary/aromatic N) is 3. The number of aromatic nitrogens is 2. The zero-order valence-corrected chi connectivity index (χ0v) is 18.1. The fraction of sp³-hybridized carbons (Fsp3) is 0.522. The second kappa shape index (κ2) is 7.00. The van der Waals surface area contributed by atoms with Gasteiger partial charge in [0, 0.05) is 25.1 Å². The zero-order valence-electron chi connectivity index (χ0n) is 18.1. The van der Waals surface area contributed by atoms with Gasteiger partial charge in [0.25, 0.3) is 0 Å². The highest BCUT2D eigenvalue weighted by Crippen LogP contribution is 2.43. The van der Waals surface area contributed by atoms with Gasteiger partial charge < -0.3 is 15.2 Å². The van der Waals surface area contributed by atoms with Crippen LogP contribution >= 0.6 is 0 Å². The SMILES string of the molecule is CC(C)(C)OC(=O)N1CCc2c3c(nn2-c2ccc(C4CC4)cc2O)CC(=O)NC[C@@H]31. The molecule has 2 N–H and O–H groups in total. The first-order valence-electron chi connectivity index (χ1n) is 10.9. The third-order valence-corrected chi connectivity index (χ3v) is 6.12. The smallest absolute Gasteiger partial charge is 0.410 e. The number of phenolic OH excluding ortho intramolecular Hbond substituents is 1. The van der Waals surface area contributed by atoms with Gasteiger partial charge in [-0.2, -0.15) is 5.10 Å². The summed E-state index contributed by atoms with van der Waals surface area (Å²) in [6.07, 6.45) is 2.65. The first-order valence-corrected chi connectivity index (χ1v) is 10.9. The van der Waals surface area contributed by atoms with Gasteiger partial charge in [-0.05, 0) is 57.2 Å². The molecule has 8 nitrogen and oxygen atoms in total. The lowest BCUT2D eigenvalue weighted by atomic mass is 9.96. The number of carbonyl (C=O) groups excluding carboxylic acids is 2. The third-order valence-electron chi connectivity index (χ3n) is 6.12. The predicted octanol–water partition coefficient (Wildman–Crippen LogP) is 2.96. The Morgan fingerprint density at radius 3 is 2.74 bits per heavy atom. The standard InChI is InChI=1S/C23H28N4O4/c1-23(2,3)31-22(30)26-9-8-17-21-15(11-20(29)24-12-18(21)26)25-27(17)16-7-6-14(10-19(16)28)13-4-5-13/h6-7,10,13,18,28H,4-5,8-9,11-12H2,1-3H3,(H,24,29)/t18-/m0/s1. The topological polar surface area (TPSA) is 96.7 Å². The molecule has 3 heterocycles. The summed E-state index contributed by atoms with van der Waals surface area (Å²) < 4.78 is 7.37. The minimum Gasteiger partial charge on any atom is -0.506 e. The summed E-state index contributed by atoms with van der Waals surface area (Å²) in [5.74, 6) is 0.608. The lowest BCUT2D eigenvalue weighted by molar-refractivity contribution is -0.120. The molecule has 2 aromatic rings. The van der Waals surface area contributed by atoms with Crippen molar-refractivity contribution in [3.8, 4) is 11.4 Å². The van der Waals surface area contributed by atoms with Gasteiger partial charge in [0.05, 0.1) is 23.9 Å². The van der Waals surface area contributed by atoms with Gasteiger partial charge >= 0.3 is 6.09 Å². The van der Waals surface area contributed by atoms with E-state index in [0.29, 0.717) is 36.8 Å². The number of hydrogen-bond donors (Lipinski definition) is 2. The highest BCUT2D eigenvalue weighted by molar-refractivity contribution is 5.80.